The molecule has 1 aromatic carbocycles. The van der Waals surface area contributed by atoms with Crippen LogP contribution in [-0.2, 0) is 0 Å². The number of hydrogen-bond acceptors (Lipinski definition) is 2. The zero-order chi connectivity index (χ0) is 12.1. The van der Waals surface area contributed by atoms with Gasteiger partial charge in [0.05, 0.1) is 17.4 Å². The highest BCUT2D eigenvalue weighted by Crippen LogP contribution is 2.11. The van der Waals surface area contributed by atoms with E-state index < -0.39 is 0 Å². The fourth-order valence-corrected chi connectivity index (χ4v) is 1.44. The minimum atomic E-state index is -0.230. The standard InChI is InChI=1S/C14H10N2O/c1-2-11-6-3-4-8-13(11)14(17)16-12-7-5-9-15-10-12/h1,3-10H,(H,16,17). The van der Waals surface area contributed by atoms with Crippen LogP contribution < -0.4 is 5.32 Å². The molecule has 0 radical (unpaired) electrons. The molecule has 0 saturated carbocycles. The lowest BCUT2D eigenvalue weighted by molar-refractivity contribution is 0.102. The van der Waals surface area contributed by atoms with E-state index >= 15 is 0 Å². The van der Waals surface area contributed by atoms with Gasteiger partial charge in [-0.2, -0.15) is 0 Å². The van der Waals surface area contributed by atoms with Gasteiger partial charge in [-0.25, -0.2) is 0 Å². The van der Waals surface area contributed by atoms with Gasteiger partial charge in [0, 0.05) is 11.8 Å². The van der Waals surface area contributed by atoms with Gasteiger partial charge in [-0.05, 0) is 24.3 Å². The second kappa shape index (κ2) is 4.95. The lowest BCUT2D eigenvalue weighted by Crippen LogP contribution is -2.13. The summed E-state index contributed by atoms with van der Waals surface area (Å²) in [6.45, 7) is 0. The summed E-state index contributed by atoms with van der Waals surface area (Å²) in [6.07, 6.45) is 8.56. The number of rotatable bonds is 2. The van der Waals surface area contributed by atoms with Crippen LogP contribution in [0.5, 0.6) is 0 Å². The Bertz CT molecular complexity index is 570. The summed E-state index contributed by atoms with van der Waals surface area (Å²) in [4.78, 5) is 15.9. The molecule has 3 heteroatoms. The van der Waals surface area contributed by atoms with Crippen LogP contribution in [-0.4, -0.2) is 10.9 Å². The first-order valence-electron chi connectivity index (χ1n) is 5.08. The van der Waals surface area contributed by atoms with Crippen LogP contribution in [0.15, 0.2) is 48.8 Å². The van der Waals surface area contributed by atoms with Gasteiger partial charge in [0.25, 0.3) is 5.91 Å². The number of anilines is 1. The molecule has 3 nitrogen and oxygen atoms in total. The molecule has 0 atom stereocenters. The molecule has 82 valence electrons. The van der Waals surface area contributed by atoms with Crippen LogP contribution in [0, 0.1) is 12.3 Å². The number of pyridine rings is 1. The SMILES string of the molecule is C#Cc1ccccc1C(=O)Nc1cccnc1. The molecule has 0 aliphatic carbocycles. The fourth-order valence-electron chi connectivity index (χ4n) is 1.44. The first-order chi connectivity index (χ1) is 8.31. The van der Waals surface area contributed by atoms with Gasteiger partial charge in [0.15, 0.2) is 0 Å². The second-order valence-corrected chi connectivity index (χ2v) is 3.39. The fraction of sp³-hybridized carbons (Fsp3) is 0. The van der Waals surface area contributed by atoms with Gasteiger partial charge in [0.2, 0.25) is 0 Å². The largest absolute Gasteiger partial charge is 0.321 e. The molecule has 1 heterocycles. The molecular weight excluding hydrogens is 212 g/mol. The molecule has 2 aromatic rings. The lowest BCUT2D eigenvalue weighted by atomic mass is 10.1. The summed E-state index contributed by atoms with van der Waals surface area (Å²) in [5, 5.41) is 2.74. The lowest BCUT2D eigenvalue weighted by Gasteiger charge is -2.06. The van der Waals surface area contributed by atoms with Crippen molar-refractivity contribution in [1.82, 2.24) is 4.98 Å². The summed E-state index contributed by atoms with van der Waals surface area (Å²) < 4.78 is 0. The van der Waals surface area contributed by atoms with Crippen molar-refractivity contribution in [3.63, 3.8) is 0 Å². The minimum Gasteiger partial charge on any atom is -0.321 e. The highest BCUT2D eigenvalue weighted by molar-refractivity contribution is 6.05. The molecule has 1 N–H and O–H groups in total. The number of terminal acetylenes is 1. The number of hydrogen-bond donors (Lipinski definition) is 1. The molecule has 1 amide bonds. The third kappa shape index (κ3) is 2.50. The highest BCUT2D eigenvalue weighted by atomic mass is 16.1. The van der Waals surface area contributed by atoms with E-state index in [0.29, 0.717) is 16.8 Å². The molecule has 0 unspecified atom stereocenters. The summed E-state index contributed by atoms with van der Waals surface area (Å²) in [5.41, 5.74) is 1.71. The van der Waals surface area contributed by atoms with Crippen LogP contribution >= 0.6 is 0 Å². The van der Waals surface area contributed by atoms with Gasteiger partial charge in [-0.1, -0.05) is 18.1 Å². The van der Waals surface area contributed by atoms with Crippen molar-refractivity contribution in [3.05, 3.63) is 59.9 Å². The van der Waals surface area contributed by atoms with Crippen molar-refractivity contribution >= 4 is 11.6 Å². The number of carbonyl (C=O) groups is 1. The Morgan fingerprint density at radius 3 is 2.76 bits per heavy atom. The molecule has 2 rings (SSSR count). The molecule has 0 bridgehead atoms. The monoisotopic (exact) mass is 222 g/mol. The Morgan fingerprint density at radius 2 is 2.06 bits per heavy atom. The normalized spacial score (nSPS) is 9.35. The average Bonchev–Trinajstić information content (AvgIpc) is 2.40. The molecule has 0 fully saturated rings. The van der Waals surface area contributed by atoms with Crippen molar-refractivity contribution in [2.24, 2.45) is 0 Å². The zero-order valence-electron chi connectivity index (χ0n) is 9.05. The van der Waals surface area contributed by atoms with E-state index in [1.807, 2.05) is 0 Å². The predicted octanol–water partition coefficient (Wildman–Crippen LogP) is 2.32. The van der Waals surface area contributed by atoms with Crippen LogP contribution in [0.4, 0.5) is 5.69 Å². The van der Waals surface area contributed by atoms with Crippen molar-refractivity contribution in [2.45, 2.75) is 0 Å². The Labute approximate surface area is 99.5 Å². The van der Waals surface area contributed by atoms with Gasteiger partial charge in [0.1, 0.15) is 0 Å². The first kappa shape index (κ1) is 10.9. The number of carbonyl (C=O) groups excluding carboxylic acids is 1. The molecule has 1 aromatic heterocycles. The van der Waals surface area contributed by atoms with Gasteiger partial charge >= 0.3 is 0 Å². The number of amides is 1. The van der Waals surface area contributed by atoms with Crippen molar-refractivity contribution in [1.29, 1.82) is 0 Å². The van der Waals surface area contributed by atoms with Crippen LogP contribution in [0.25, 0.3) is 0 Å². The van der Waals surface area contributed by atoms with Gasteiger partial charge in [-0.15, -0.1) is 6.42 Å². The van der Waals surface area contributed by atoms with E-state index in [1.54, 1.807) is 48.8 Å². The maximum atomic E-state index is 12.0. The maximum Gasteiger partial charge on any atom is 0.256 e. The molecule has 0 spiro atoms. The van der Waals surface area contributed by atoms with E-state index in [9.17, 15) is 4.79 Å². The quantitative estimate of drug-likeness (QED) is 0.792. The number of benzene rings is 1. The first-order valence-corrected chi connectivity index (χ1v) is 5.08. The summed E-state index contributed by atoms with van der Waals surface area (Å²) in [6, 6.07) is 10.5. The Morgan fingerprint density at radius 1 is 1.24 bits per heavy atom. The Balaban J connectivity index is 2.24. The van der Waals surface area contributed by atoms with Crippen LogP contribution in [0.1, 0.15) is 15.9 Å². The van der Waals surface area contributed by atoms with Gasteiger partial charge < -0.3 is 5.32 Å². The molecule has 0 aliphatic rings. The van der Waals surface area contributed by atoms with Crippen LogP contribution in [0.2, 0.25) is 0 Å². The Hall–Kier alpha value is -2.60. The van der Waals surface area contributed by atoms with E-state index in [2.05, 4.69) is 16.2 Å². The third-order valence-corrected chi connectivity index (χ3v) is 2.25. The third-order valence-electron chi connectivity index (χ3n) is 2.25. The van der Waals surface area contributed by atoms with Crippen molar-refractivity contribution in [3.8, 4) is 12.3 Å². The summed E-state index contributed by atoms with van der Waals surface area (Å²) >= 11 is 0. The molecular formula is C14H10N2O. The van der Waals surface area contributed by atoms with Gasteiger partial charge in [-0.3, -0.25) is 9.78 Å². The average molecular weight is 222 g/mol. The topological polar surface area (TPSA) is 42.0 Å². The number of nitrogens with one attached hydrogen (secondary N) is 1. The molecule has 17 heavy (non-hydrogen) atoms. The van der Waals surface area contributed by atoms with Crippen molar-refractivity contribution in [2.75, 3.05) is 5.32 Å². The Kier molecular flexibility index (Phi) is 3.18. The maximum absolute atomic E-state index is 12.0. The number of nitrogens with zero attached hydrogens (tertiary/aromatic N) is 1. The molecule has 0 saturated heterocycles. The second-order valence-electron chi connectivity index (χ2n) is 3.39. The zero-order valence-corrected chi connectivity index (χ0v) is 9.05. The van der Waals surface area contributed by atoms with E-state index in [0.717, 1.165) is 0 Å². The molecule has 0 aliphatic heterocycles. The van der Waals surface area contributed by atoms with E-state index in [-0.39, 0.29) is 5.91 Å². The number of aromatic nitrogens is 1. The van der Waals surface area contributed by atoms with E-state index in [1.165, 1.54) is 0 Å². The minimum absolute atomic E-state index is 0.230. The highest BCUT2D eigenvalue weighted by Gasteiger charge is 2.09. The van der Waals surface area contributed by atoms with E-state index in [4.69, 9.17) is 6.42 Å². The van der Waals surface area contributed by atoms with Crippen LogP contribution in [0.3, 0.4) is 0 Å². The summed E-state index contributed by atoms with van der Waals surface area (Å²) in [5.74, 6) is 2.26. The summed E-state index contributed by atoms with van der Waals surface area (Å²) in [7, 11) is 0. The van der Waals surface area contributed by atoms with Crippen molar-refractivity contribution < 1.29 is 4.79 Å². The predicted molar refractivity (Wildman–Crippen MR) is 66.6 cm³/mol. The smallest absolute Gasteiger partial charge is 0.256 e.